The topological polar surface area (TPSA) is 76.7 Å². The summed E-state index contributed by atoms with van der Waals surface area (Å²) in [6.07, 6.45) is 0. The van der Waals surface area contributed by atoms with Gasteiger partial charge < -0.3 is 20.1 Å². The van der Waals surface area contributed by atoms with Gasteiger partial charge in [-0.05, 0) is 42.8 Å². The number of hydrogen-bond acceptors (Lipinski definition) is 4. The molecule has 2 rings (SSSR count). The van der Waals surface area contributed by atoms with Gasteiger partial charge in [-0.1, -0.05) is 15.9 Å². The lowest BCUT2D eigenvalue weighted by atomic mass is 10.2. The summed E-state index contributed by atoms with van der Waals surface area (Å²) in [6.45, 7) is 1.89. The first-order chi connectivity index (χ1) is 11.4. The molecule has 2 aromatic carbocycles. The van der Waals surface area contributed by atoms with Gasteiger partial charge in [0, 0.05) is 21.9 Å². The number of methoxy groups -OCH3 is 2. The van der Waals surface area contributed by atoms with Crippen molar-refractivity contribution >= 4 is 39.1 Å². The predicted molar refractivity (Wildman–Crippen MR) is 95.7 cm³/mol. The number of aryl methyl sites for hydroxylation is 1. The standard InChI is InChI=1S/C17H17BrN2O4/c1-10-8-11(4-6-13(10)18)19-16(21)17(22)20-12-5-7-14(23-2)15(9-12)24-3/h4-9H,1-3H3,(H,19,21)(H,20,22). The summed E-state index contributed by atoms with van der Waals surface area (Å²) in [4.78, 5) is 24.0. The Morgan fingerprint density at radius 1 is 0.875 bits per heavy atom. The van der Waals surface area contributed by atoms with Crippen molar-refractivity contribution < 1.29 is 19.1 Å². The van der Waals surface area contributed by atoms with Crippen molar-refractivity contribution in [3.63, 3.8) is 0 Å². The second-order valence-electron chi connectivity index (χ2n) is 4.94. The van der Waals surface area contributed by atoms with E-state index in [0.29, 0.717) is 22.9 Å². The molecule has 0 aliphatic heterocycles. The normalized spacial score (nSPS) is 10.0. The minimum Gasteiger partial charge on any atom is -0.493 e. The second kappa shape index (κ2) is 7.83. The molecule has 24 heavy (non-hydrogen) atoms. The smallest absolute Gasteiger partial charge is 0.314 e. The Morgan fingerprint density at radius 3 is 1.96 bits per heavy atom. The number of nitrogens with one attached hydrogen (secondary N) is 2. The molecule has 6 nitrogen and oxygen atoms in total. The van der Waals surface area contributed by atoms with Crippen molar-refractivity contribution in [2.24, 2.45) is 0 Å². The lowest BCUT2D eigenvalue weighted by Gasteiger charge is -2.11. The molecule has 0 unspecified atom stereocenters. The summed E-state index contributed by atoms with van der Waals surface area (Å²) in [5, 5.41) is 5.07. The van der Waals surface area contributed by atoms with E-state index >= 15 is 0 Å². The Morgan fingerprint density at radius 2 is 1.42 bits per heavy atom. The van der Waals surface area contributed by atoms with Crippen molar-refractivity contribution in [3.05, 3.63) is 46.4 Å². The first kappa shape index (κ1) is 17.8. The first-order valence-corrected chi connectivity index (χ1v) is 7.84. The zero-order valence-electron chi connectivity index (χ0n) is 13.5. The number of benzene rings is 2. The fourth-order valence-electron chi connectivity index (χ4n) is 2.01. The van der Waals surface area contributed by atoms with E-state index in [1.807, 2.05) is 6.92 Å². The number of rotatable bonds is 4. The van der Waals surface area contributed by atoms with Gasteiger partial charge in [0.1, 0.15) is 0 Å². The molecule has 0 radical (unpaired) electrons. The van der Waals surface area contributed by atoms with Gasteiger partial charge in [0.25, 0.3) is 0 Å². The maximum Gasteiger partial charge on any atom is 0.314 e. The molecule has 0 saturated heterocycles. The molecule has 0 aliphatic carbocycles. The second-order valence-corrected chi connectivity index (χ2v) is 5.80. The van der Waals surface area contributed by atoms with E-state index in [0.717, 1.165) is 10.0 Å². The highest BCUT2D eigenvalue weighted by Gasteiger charge is 2.15. The van der Waals surface area contributed by atoms with E-state index in [1.165, 1.54) is 14.2 Å². The van der Waals surface area contributed by atoms with Crippen LogP contribution in [0.15, 0.2) is 40.9 Å². The van der Waals surface area contributed by atoms with Crippen molar-refractivity contribution in [1.82, 2.24) is 0 Å². The molecule has 7 heteroatoms. The van der Waals surface area contributed by atoms with Gasteiger partial charge >= 0.3 is 11.8 Å². The van der Waals surface area contributed by atoms with E-state index < -0.39 is 11.8 Å². The zero-order valence-corrected chi connectivity index (χ0v) is 15.1. The maximum absolute atomic E-state index is 12.0. The van der Waals surface area contributed by atoms with Crippen LogP contribution in [0.2, 0.25) is 0 Å². The van der Waals surface area contributed by atoms with E-state index in [1.54, 1.807) is 36.4 Å². The number of amides is 2. The van der Waals surface area contributed by atoms with Gasteiger partial charge in [-0.15, -0.1) is 0 Å². The molecular formula is C17H17BrN2O4. The Labute approximate surface area is 148 Å². The van der Waals surface area contributed by atoms with E-state index in [2.05, 4.69) is 26.6 Å². The van der Waals surface area contributed by atoms with Gasteiger partial charge in [0.2, 0.25) is 0 Å². The highest BCUT2D eigenvalue weighted by molar-refractivity contribution is 9.10. The highest BCUT2D eigenvalue weighted by Crippen LogP contribution is 2.29. The summed E-state index contributed by atoms with van der Waals surface area (Å²) in [6, 6.07) is 10.1. The summed E-state index contributed by atoms with van der Waals surface area (Å²) in [7, 11) is 3.01. The molecule has 0 aliphatic rings. The highest BCUT2D eigenvalue weighted by atomic mass is 79.9. The Bertz CT molecular complexity index is 777. The van der Waals surface area contributed by atoms with Gasteiger partial charge in [-0.25, -0.2) is 0 Å². The number of carbonyl (C=O) groups is 2. The van der Waals surface area contributed by atoms with Crippen LogP contribution in [-0.2, 0) is 9.59 Å². The largest absolute Gasteiger partial charge is 0.493 e. The van der Waals surface area contributed by atoms with Gasteiger partial charge in [-0.3, -0.25) is 9.59 Å². The molecule has 126 valence electrons. The molecule has 0 aromatic heterocycles. The SMILES string of the molecule is COc1ccc(NC(=O)C(=O)Nc2ccc(Br)c(C)c2)cc1OC. The maximum atomic E-state index is 12.0. The molecule has 0 heterocycles. The molecule has 0 fully saturated rings. The lowest BCUT2D eigenvalue weighted by Crippen LogP contribution is -2.29. The molecule has 2 aromatic rings. The fraction of sp³-hybridized carbons (Fsp3) is 0.176. The van der Waals surface area contributed by atoms with Crippen LogP contribution in [0.5, 0.6) is 11.5 Å². The van der Waals surface area contributed by atoms with Crippen LogP contribution < -0.4 is 20.1 Å². The molecular weight excluding hydrogens is 376 g/mol. The lowest BCUT2D eigenvalue weighted by molar-refractivity contribution is -0.133. The van der Waals surface area contributed by atoms with Gasteiger partial charge in [0.05, 0.1) is 14.2 Å². The average Bonchev–Trinajstić information content (AvgIpc) is 2.57. The third-order valence-corrected chi connectivity index (χ3v) is 4.15. The van der Waals surface area contributed by atoms with Crippen LogP contribution >= 0.6 is 15.9 Å². The third kappa shape index (κ3) is 4.26. The Hall–Kier alpha value is -2.54. The summed E-state index contributed by atoms with van der Waals surface area (Å²) in [5.41, 5.74) is 1.93. The molecule has 0 bridgehead atoms. The Kier molecular flexibility index (Phi) is 5.81. The van der Waals surface area contributed by atoms with Gasteiger partial charge in [-0.2, -0.15) is 0 Å². The monoisotopic (exact) mass is 392 g/mol. The van der Waals surface area contributed by atoms with Crippen molar-refractivity contribution in [2.45, 2.75) is 6.92 Å². The number of hydrogen-bond donors (Lipinski definition) is 2. The van der Waals surface area contributed by atoms with E-state index in [9.17, 15) is 9.59 Å². The van der Waals surface area contributed by atoms with Crippen molar-refractivity contribution in [2.75, 3.05) is 24.9 Å². The number of anilines is 2. The van der Waals surface area contributed by atoms with Gasteiger partial charge in [0.15, 0.2) is 11.5 Å². The average molecular weight is 393 g/mol. The predicted octanol–water partition coefficient (Wildman–Crippen LogP) is 3.35. The summed E-state index contributed by atoms with van der Waals surface area (Å²) < 4.78 is 11.2. The summed E-state index contributed by atoms with van der Waals surface area (Å²) in [5.74, 6) is -0.543. The molecule has 0 saturated carbocycles. The summed E-state index contributed by atoms with van der Waals surface area (Å²) >= 11 is 3.38. The quantitative estimate of drug-likeness (QED) is 0.782. The van der Waals surface area contributed by atoms with E-state index in [4.69, 9.17) is 9.47 Å². The van der Waals surface area contributed by atoms with Crippen molar-refractivity contribution in [3.8, 4) is 11.5 Å². The van der Waals surface area contributed by atoms with Crippen LogP contribution in [0.1, 0.15) is 5.56 Å². The minimum atomic E-state index is -0.775. The van der Waals surface area contributed by atoms with E-state index in [-0.39, 0.29) is 0 Å². The molecule has 0 atom stereocenters. The zero-order chi connectivity index (χ0) is 17.7. The minimum absolute atomic E-state index is 0.430. The van der Waals surface area contributed by atoms with Crippen LogP contribution in [-0.4, -0.2) is 26.0 Å². The number of carbonyl (C=O) groups excluding carboxylic acids is 2. The van der Waals surface area contributed by atoms with Crippen LogP contribution in [0, 0.1) is 6.92 Å². The Balaban J connectivity index is 2.06. The molecule has 2 N–H and O–H groups in total. The van der Waals surface area contributed by atoms with Crippen LogP contribution in [0.3, 0.4) is 0 Å². The number of halogens is 1. The van der Waals surface area contributed by atoms with Crippen LogP contribution in [0.25, 0.3) is 0 Å². The number of ether oxygens (including phenoxy) is 2. The third-order valence-electron chi connectivity index (χ3n) is 3.26. The van der Waals surface area contributed by atoms with Crippen molar-refractivity contribution in [1.29, 1.82) is 0 Å². The molecule has 0 spiro atoms. The fourth-order valence-corrected chi connectivity index (χ4v) is 2.26. The first-order valence-electron chi connectivity index (χ1n) is 7.05. The molecule has 2 amide bonds. The van der Waals surface area contributed by atoms with Crippen LogP contribution in [0.4, 0.5) is 11.4 Å².